The molecule has 0 heterocycles. The van der Waals surface area contributed by atoms with Crippen molar-refractivity contribution in [3.63, 3.8) is 0 Å². The number of carbonyl (C=O) groups is 2. The Bertz CT molecular complexity index is 1140. The number of ether oxygens (including phenoxy) is 1. The van der Waals surface area contributed by atoms with Crippen molar-refractivity contribution in [3.8, 4) is 0 Å². The summed E-state index contributed by atoms with van der Waals surface area (Å²) >= 11 is 0. The summed E-state index contributed by atoms with van der Waals surface area (Å²) in [6.45, 7) is 6.35. The van der Waals surface area contributed by atoms with Gasteiger partial charge in [-0.1, -0.05) is 229 Å². The molecule has 0 saturated heterocycles. The van der Waals surface area contributed by atoms with Crippen LogP contribution in [0.25, 0.3) is 0 Å². The Labute approximate surface area is 397 Å². The van der Waals surface area contributed by atoms with E-state index >= 15 is 0 Å². The van der Waals surface area contributed by atoms with Gasteiger partial charge in [-0.25, -0.2) is 0 Å². The third-order valence-corrected chi connectivity index (χ3v) is 12.3. The van der Waals surface area contributed by atoms with Gasteiger partial charge in [-0.3, -0.25) is 9.59 Å². The number of unbranched alkanes of at least 4 members (excludes halogenated alkanes) is 27. The number of esters is 1. The third-order valence-electron chi connectivity index (χ3n) is 12.3. The van der Waals surface area contributed by atoms with Crippen LogP contribution in [0.3, 0.4) is 0 Å². The monoisotopic (exact) mass is 896 g/mol. The molecule has 0 aromatic heterocycles. The maximum Gasteiger partial charge on any atom is 0.306 e. The fourth-order valence-corrected chi connectivity index (χ4v) is 8.18. The minimum Gasteiger partial charge on any atom is -0.462 e. The van der Waals surface area contributed by atoms with Crippen LogP contribution in [0.4, 0.5) is 0 Å². The number of aliphatic hydroxyl groups is 2. The first-order valence-corrected chi connectivity index (χ1v) is 27.5. The van der Waals surface area contributed by atoms with E-state index in [2.05, 4.69) is 86.8 Å². The zero-order valence-corrected chi connectivity index (χ0v) is 42.4. The first kappa shape index (κ1) is 61.6. The topological polar surface area (TPSA) is 95.9 Å². The van der Waals surface area contributed by atoms with Crippen molar-refractivity contribution < 1.29 is 24.5 Å². The van der Waals surface area contributed by atoms with Crippen LogP contribution in [0, 0.1) is 0 Å². The number of hydrogen-bond acceptors (Lipinski definition) is 5. The Balaban J connectivity index is 4.59. The molecule has 0 aliphatic carbocycles. The fraction of sp³-hybridized carbons (Fsp3) is 0.793. The summed E-state index contributed by atoms with van der Waals surface area (Å²) in [5.74, 6) is -0.500. The maximum absolute atomic E-state index is 13.2. The quantitative estimate of drug-likeness (QED) is 0.0321. The van der Waals surface area contributed by atoms with Crippen molar-refractivity contribution in [2.45, 2.75) is 289 Å². The molecule has 0 fully saturated rings. The van der Waals surface area contributed by atoms with Crippen molar-refractivity contribution in [3.05, 3.63) is 60.8 Å². The highest BCUT2D eigenvalue weighted by molar-refractivity contribution is 5.77. The normalized spacial score (nSPS) is 13.6. The lowest BCUT2D eigenvalue weighted by atomic mass is 10.0. The Morgan fingerprint density at radius 3 is 1.31 bits per heavy atom. The Morgan fingerprint density at radius 2 is 0.844 bits per heavy atom. The molecule has 3 unspecified atom stereocenters. The van der Waals surface area contributed by atoms with Crippen LogP contribution < -0.4 is 5.32 Å². The summed E-state index contributed by atoms with van der Waals surface area (Å²) in [4.78, 5) is 26.2. The summed E-state index contributed by atoms with van der Waals surface area (Å²) in [7, 11) is 0. The van der Waals surface area contributed by atoms with Gasteiger partial charge in [-0.2, -0.15) is 0 Å². The van der Waals surface area contributed by atoms with E-state index in [1.54, 1.807) is 0 Å². The second-order valence-corrected chi connectivity index (χ2v) is 18.6. The van der Waals surface area contributed by atoms with E-state index in [4.69, 9.17) is 4.74 Å². The predicted octanol–water partition coefficient (Wildman–Crippen LogP) is 16.8. The molecule has 0 radical (unpaired) electrons. The van der Waals surface area contributed by atoms with Gasteiger partial charge in [0.25, 0.3) is 0 Å². The summed E-state index contributed by atoms with van der Waals surface area (Å²) in [6, 6.07) is -0.712. The van der Waals surface area contributed by atoms with Crippen LogP contribution in [-0.4, -0.2) is 46.9 Å². The second kappa shape index (κ2) is 51.5. The maximum atomic E-state index is 13.2. The Morgan fingerprint density at radius 1 is 0.469 bits per heavy atom. The number of amides is 1. The van der Waals surface area contributed by atoms with Gasteiger partial charge in [0.2, 0.25) is 5.91 Å². The van der Waals surface area contributed by atoms with E-state index in [-0.39, 0.29) is 24.9 Å². The highest BCUT2D eigenvalue weighted by Crippen LogP contribution is 2.18. The number of carbonyl (C=O) groups excluding carboxylic acids is 2. The first-order valence-electron chi connectivity index (χ1n) is 27.5. The number of allylic oxidation sites excluding steroid dienone is 10. The van der Waals surface area contributed by atoms with Crippen LogP contribution in [-0.2, 0) is 14.3 Å². The standard InChI is InChI=1S/C58H105NO5/c1-4-7-10-13-16-19-22-25-28-29-30-33-36-39-42-45-48-51-58(63)64-54(49-46-43-40-37-34-31-26-23-20-17-14-11-8-5-2)52-57(62)59-55(53-60)56(61)50-47-44-41-38-35-32-27-24-21-18-15-12-9-6-3/h8,11,16-17,19-20,25-26,28,31,54-56,60-61H,4-7,9-10,12-15,18,21-24,27,29-30,32-53H2,1-3H3,(H,59,62)/b11-8+,19-16-,20-17+,28-25-,31-26+. The molecule has 6 heteroatoms. The van der Waals surface area contributed by atoms with E-state index in [9.17, 15) is 19.8 Å². The van der Waals surface area contributed by atoms with E-state index in [0.717, 1.165) is 103 Å². The largest absolute Gasteiger partial charge is 0.462 e. The highest BCUT2D eigenvalue weighted by atomic mass is 16.5. The third kappa shape index (κ3) is 46.1. The van der Waals surface area contributed by atoms with Gasteiger partial charge < -0.3 is 20.3 Å². The molecule has 0 aromatic carbocycles. The summed E-state index contributed by atoms with van der Waals surface area (Å²) in [5.41, 5.74) is 0. The van der Waals surface area contributed by atoms with Gasteiger partial charge in [0, 0.05) is 6.42 Å². The molecule has 372 valence electrons. The highest BCUT2D eigenvalue weighted by Gasteiger charge is 2.24. The van der Waals surface area contributed by atoms with Gasteiger partial charge in [0.15, 0.2) is 0 Å². The lowest BCUT2D eigenvalue weighted by Gasteiger charge is -2.24. The first-order chi connectivity index (χ1) is 31.5. The number of aliphatic hydroxyl groups excluding tert-OH is 2. The van der Waals surface area contributed by atoms with Gasteiger partial charge in [-0.05, 0) is 89.9 Å². The minimum absolute atomic E-state index is 0.0588. The average Bonchev–Trinajstić information content (AvgIpc) is 3.29. The van der Waals surface area contributed by atoms with Crippen molar-refractivity contribution >= 4 is 11.9 Å². The van der Waals surface area contributed by atoms with E-state index in [1.807, 2.05) is 0 Å². The van der Waals surface area contributed by atoms with Crippen LogP contribution >= 0.6 is 0 Å². The molecule has 3 atom stereocenters. The zero-order valence-electron chi connectivity index (χ0n) is 42.4. The molecule has 0 aliphatic heterocycles. The van der Waals surface area contributed by atoms with Gasteiger partial charge >= 0.3 is 5.97 Å². The van der Waals surface area contributed by atoms with Crippen molar-refractivity contribution in [2.24, 2.45) is 0 Å². The van der Waals surface area contributed by atoms with Gasteiger partial charge in [-0.15, -0.1) is 0 Å². The molecule has 0 aromatic rings. The van der Waals surface area contributed by atoms with Crippen molar-refractivity contribution in [1.82, 2.24) is 5.32 Å². The average molecular weight is 896 g/mol. The van der Waals surface area contributed by atoms with Crippen LogP contribution in [0.5, 0.6) is 0 Å². The molecule has 1 amide bonds. The van der Waals surface area contributed by atoms with Crippen molar-refractivity contribution in [2.75, 3.05) is 6.61 Å². The molecule has 0 aliphatic rings. The van der Waals surface area contributed by atoms with Crippen molar-refractivity contribution in [1.29, 1.82) is 0 Å². The summed E-state index contributed by atoms with van der Waals surface area (Å²) in [6.07, 6.45) is 64.2. The summed E-state index contributed by atoms with van der Waals surface area (Å²) in [5, 5.41) is 23.8. The zero-order chi connectivity index (χ0) is 46.7. The molecule has 0 spiro atoms. The smallest absolute Gasteiger partial charge is 0.306 e. The molecule has 0 saturated carbocycles. The van der Waals surface area contributed by atoms with E-state index < -0.39 is 18.2 Å². The lowest BCUT2D eigenvalue weighted by molar-refractivity contribution is -0.151. The van der Waals surface area contributed by atoms with E-state index in [0.29, 0.717) is 19.3 Å². The molecule has 3 N–H and O–H groups in total. The van der Waals surface area contributed by atoms with Crippen LogP contribution in [0.15, 0.2) is 60.8 Å². The van der Waals surface area contributed by atoms with E-state index in [1.165, 1.54) is 122 Å². The van der Waals surface area contributed by atoms with Gasteiger partial charge in [0.1, 0.15) is 6.10 Å². The van der Waals surface area contributed by atoms with Gasteiger partial charge in [0.05, 0.1) is 25.2 Å². The molecular weight excluding hydrogens is 791 g/mol. The lowest BCUT2D eigenvalue weighted by Crippen LogP contribution is -2.46. The summed E-state index contributed by atoms with van der Waals surface area (Å²) < 4.78 is 5.94. The Kier molecular flexibility index (Phi) is 49.6. The molecule has 64 heavy (non-hydrogen) atoms. The Hall–Kier alpha value is -2.44. The fourth-order valence-electron chi connectivity index (χ4n) is 8.18. The molecular formula is C58H105NO5. The minimum atomic E-state index is -0.797. The SMILES string of the molecule is CC/C=C/C/C=C/C/C=C/CCCCCCC(CC(=O)NC(CO)C(O)CCCCCCCCCCCCCCCC)OC(=O)CCCCCCCCC/C=C\C/C=C\CCCCC. The molecule has 0 rings (SSSR count). The molecule has 0 bridgehead atoms. The number of nitrogens with one attached hydrogen (secondary N) is 1. The van der Waals surface area contributed by atoms with Crippen LogP contribution in [0.2, 0.25) is 0 Å². The number of hydrogen-bond donors (Lipinski definition) is 3. The second-order valence-electron chi connectivity index (χ2n) is 18.6. The van der Waals surface area contributed by atoms with Crippen LogP contribution in [0.1, 0.15) is 271 Å². The molecule has 6 nitrogen and oxygen atoms in total. The number of rotatable bonds is 49. The predicted molar refractivity (Wildman–Crippen MR) is 278 cm³/mol.